The first-order valence-electron chi connectivity index (χ1n) is 6.53. The van der Waals surface area contributed by atoms with Gasteiger partial charge in [0.1, 0.15) is 5.15 Å². The Labute approximate surface area is 123 Å². The second-order valence-electron chi connectivity index (χ2n) is 4.93. The summed E-state index contributed by atoms with van der Waals surface area (Å²) in [7, 11) is 0. The maximum absolute atomic E-state index is 12.1. The number of carbonyl (C=O) groups excluding carboxylic acids is 1. The molecule has 5 nitrogen and oxygen atoms in total. The summed E-state index contributed by atoms with van der Waals surface area (Å²) in [5.74, 6) is -1.11. The molecular weight excluding hydrogens is 280 g/mol. The van der Waals surface area contributed by atoms with E-state index in [4.69, 9.17) is 16.7 Å². The number of hydrogen-bond acceptors (Lipinski definition) is 3. The summed E-state index contributed by atoms with van der Waals surface area (Å²) >= 11 is 5.91. The number of nitrogens with one attached hydrogen (secondary N) is 1. The van der Waals surface area contributed by atoms with E-state index >= 15 is 0 Å². The molecule has 0 aliphatic rings. The fourth-order valence-electron chi connectivity index (χ4n) is 1.72. The maximum atomic E-state index is 12.1. The first-order valence-corrected chi connectivity index (χ1v) is 6.91. The normalized spacial score (nSPS) is 12.2. The Kier molecular flexibility index (Phi) is 5.95. The van der Waals surface area contributed by atoms with Crippen molar-refractivity contribution in [3.8, 4) is 0 Å². The van der Waals surface area contributed by atoms with Gasteiger partial charge in [-0.2, -0.15) is 0 Å². The Morgan fingerprint density at radius 3 is 2.55 bits per heavy atom. The van der Waals surface area contributed by atoms with Gasteiger partial charge in [0.15, 0.2) is 0 Å². The zero-order chi connectivity index (χ0) is 15.3. The highest BCUT2D eigenvalue weighted by molar-refractivity contribution is 6.29. The zero-order valence-electron chi connectivity index (χ0n) is 11.8. The van der Waals surface area contributed by atoms with Crippen LogP contribution in [0, 0.1) is 0 Å². The van der Waals surface area contributed by atoms with Crippen LogP contribution in [-0.4, -0.2) is 28.0 Å². The van der Waals surface area contributed by atoms with Gasteiger partial charge in [-0.25, -0.2) is 4.98 Å². The molecule has 0 aliphatic heterocycles. The van der Waals surface area contributed by atoms with Gasteiger partial charge < -0.3 is 10.4 Å². The van der Waals surface area contributed by atoms with E-state index < -0.39 is 12.0 Å². The number of aliphatic carboxylic acids is 1. The summed E-state index contributed by atoms with van der Waals surface area (Å²) in [6.45, 7) is 5.74. The van der Waals surface area contributed by atoms with Crippen LogP contribution in [0.15, 0.2) is 12.1 Å². The molecule has 0 fully saturated rings. The largest absolute Gasteiger partial charge is 0.481 e. The van der Waals surface area contributed by atoms with Crippen LogP contribution in [0.2, 0.25) is 5.15 Å². The molecule has 0 saturated heterocycles. The Balaban J connectivity index is 2.88. The third-order valence-corrected chi connectivity index (χ3v) is 3.11. The lowest BCUT2D eigenvalue weighted by molar-refractivity contribution is -0.137. The van der Waals surface area contributed by atoms with Crippen LogP contribution in [0.25, 0.3) is 0 Å². The summed E-state index contributed by atoms with van der Waals surface area (Å²) in [6.07, 6.45) is 0.450. The third-order valence-electron chi connectivity index (χ3n) is 2.92. The highest BCUT2D eigenvalue weighted by atomic mass is 35.5. The lowest BCUT2D eigenvalue weighted by Crippen LogP contribution is -2.36. The van der Waals surface area contributed by atoms with E-state index in [1.807, 2.05) is 20.8 Å². The van der Waals surface area contributed by atoms with Gasteiger partial charge in [-0.3, -0.25) is 9.59 Å². The van der Waals surface area contributed by atoms with Crippen molar-refractivity contribution < 1.29 is 14.7 Å². The first-order chi connectivity index (χ1) is 9.33. The van der Waals surface area contributed by atoms with Crippen molar-refractivity contribution in [2.45, 2.75) is 45.6 Å². The van der Waals surface area contributed by atoms with Crippen molar-refractivity contribution in [3.05, 3.63) is 28.5 Å². The second-order valence-corrected chi connectivity index (χ2v) is 5.32. The van der Waals surface area contributed by atoms with E-state index in [0.717, 1.165) is 5.69 Å². The quantitative estimate of drug-likeness (QED) is 0.792. The Morgan fingerprint density at radius 2 is 2.05 bits per heavy atom. The van der Waals surface area contributed by atoms with Gasteiger partial charge >= 0.3 is 5.97 Å². The Hall–Kier alpha value is -1.62. The SMILES string of the molecule is CCC(CC(=O)O)NC(=O)c1cc(Cl)nc(C(C)C)c1. The molecule has 110 valence electrons. The first kappa shape index (κ1) is 16.4. The summed E-state index contributed by atoms with van der Waals surface area (Å²) in [5, 5.41) is 11.7. The van der Waals surface area contributed by atoms with E-state index in [9.17, 15) is 9.59 Å². The average molecular weight is 299 g/mol. The van der Waals surface area contributed by atoms with Crippen LogP contribution in [0.5, 0.6) is 0 Å². The molecular formula is C14H19ClN2O3. The van der Waals surface area contributed by atoms with Gasteiger partial charge in [0.25, 0.3) is 5.91 Å². The molecule has 1 amide bonds. The minimum atomic E-state index is -0.937. The molecule has 1 aromatic rings. The predicted octanol–water partition coefficient (Wildman–Crippen LogP) is 2.84. The molecule has 1 aromatic heterocycles. The van der Waals surface area contributed by atoms with Gasteiger partial charge in [-0.1, -0.05) is 32.4 Å². The topological polar surface area (TPSA) is 79.3 Å². The molecule has 0 saturated carbocycles. The van der Waals surface area contributed by atoms with Crippen molar-refractivity contribution in [3.63, 3.8) is 0 Å². The number of nitrogens with zero attached hydrogens (tertiary/aromatic N) is 1. The van der Waals surface area contributed by atoms with E-state index in [2.05, 4.69) is 10.3 Å². The van der Waals surface area contributed by atoms with Crippen LogP contribution in [0.1, 0.15) is 55.6 Å². The van der Waals surface area contributed by atoms with E-state index in [1.54, 1.807) is 6.07 Å². The number of aromatic nitrogens is 1. The smallest absolute Gasteiger partial charge is 0.305 e. The summed E-state index contributed by atoms with van der Waals surface area (Å²) < 4.78 is 0. The van der Waals surface area contributed by atoms with Crippen molar-refractivity contribution in [2.24, 2.45) is 0 Å². The lowest BCUT2D eigenvalue weighted by atomic mass is 10.1. The molecule has 2 N–H and O–H groups in total. The summed E-state index contributed by atoms with van der Waals surface area (Å²) in [4.78, 5) is 27.0. The van der Waals surface area contributed by atoms with Crippen molar-refractivity contribution in [1.29, 1.82) is 0 Å². The molecule has 0 aliphatic carbocycles. The third kappa shape index (κ3) is 4.81. The van der Waals surface area contributed by atoms with Crippen LogP contribution >= 0.6 is 11.6 Å². The van der Waals surface area contributed by atoms with Crippen molar-refractivity contribution in [1.82, 2.24) is 10.3 Å². The fraction of sp³-hybridized carbons (Fsp3) is 0.500. The lowest BCUT2D eigenvalue weighted by Gasteiger charge is -2.15. The Morgan fingerprint density at radius 1 is 1.40 bits per heavy atom. The van der Waals surface area contributed by atoms with E-state index in [-0.39, 0.29) is 23.4 Å². The van der Waals surface area contributed by atoms with Gasteiger partial charge in [0.05, 0.1) is 6.42 Å². The van der Waals surface area contributed by atoms with Gasteiger partial charge in [0, 0.05) is 17.3 Å². The number of carboxylic acids is 1. The molecule has 0 spiro atoms. The number of rotatable bonds is 6. The monoisotopic (exact) mass is 298 g/mol. The summed E-state index contributed by atoms with van der Waals surface area (Å²) in [5.41, 5.74) is 1.13. The number of carboxylic acid groups (broad SMARTS) is 1. The molecule has 6 heteroatoms. The molecule has 0 aromatic carbocycles. The van der Waals surface area contributed by atoms with Gasteiger partial charge in [-0.15, -0.1) is 0 Å². The molecule has 1 atom stereocenters. The van der Waals surface area contributed by atoms with Crippen LogP contribution in [-0.2, 0) is 4.79 Å². The zero-order valence-corrected chi connectivity index (χ0v) is 12.6. The molecule has 1 rings (SSSR count). The van der Waals surface area contributed by atoms with Gasteiger partial charge in [-0.05, 0) is 24.5 Å². The maximum Gasteiger partial charge on any atom is 0.305 e. The number of pyridine rings is 1. The molecule has 20 heavy (non-hydrogen) atoms. The molecule has 1 unspecified atom stereocenters. The molecule has 1 heterocycles. The van der Waals surface area contributed by atoms with Crippen LogP contribution in [0.4, 0.5) is 0 Å². The predicted molar refractivity (Wildman–Crippen MR) is 77.1 cm³/mol. The van der Waals surface area contributed by atoms with Crippen LogP contribution < -0.4 is 5.32 Å². The average Bonchev–Trinajstić information content (AvgIpc) is 2.36. The minimum Gasteiger partial charge on any atom is -0.481 e. The highest BCUT2D eigenvalue weighted by Gasteiger charge is 2.17. The highest BCUT2D eigenvalue weighted by Crippen LogP contribution is 2.18. The summed E-state index contributed by atoms with van der Waals surface area (Å²) in [6, 6.07) is 2.77. The van der Waals surface area contributed by atoms with Crippen LogP contribution in [0.3, 0.4) is 0 Å². The number of carbonyl (C=O) groups is 2. The molecule has 0 radical (unpaired) electrons. The van der Waals surface area contributed by atoms with Gasteiger partial charge in [0.2, 0.25) is 0 Å². The molecule has 0 bridgehead atoms. The van der Waals surface area contributed by atoms with E-state index in [0.29, 0.717) is 12.0 Å². The second kappa shape index (κ2) is 7.24. The number of halogens is 1. The minimum absolute atomic E-state index is 0.0991. The standard InChI is InChI=1S/C14H19ClN2O3/c1-4-10(7-13(18)19)16-14(20)9-5-11(8(2)3)17-12(15)6-9/h5-6,8,10H,4,7H2,1-3H3,(H,16,20)(H,18,19). The Bertz CT molecular complexity index is 503. The van der Waals surface area contributed by atoms with E-state index in [1.165, 1.54) is 6.07 Å². The van der Waals surface area contributed by atoms with Crippen molar-refractivity contribution >= 4 is 23.5 Å². The number of amides is 1. The number of hydrogen-bond donors (Lipinski definition) is 2. The van der Waals surface area contributed by atoms with Crippen molar-refractivity contribution in [2.75, 3.05) is 0 Å². The fourth-order valence-corrected chi connectivity index (χ4v) is 1.94.